The average molecular weight is 341 g/mol. The number of aryl methyl sites for hydroxylation is 1. The van der Waals surface area contributed by atoms with E-state index in [1.807, 2.05) is 35.2 Å². The van der Waals surface area contributed by atoms with Gasteiger partial charge in [-0.2, -0.15) is 0 Å². The van der Waals surface area contributed by atoms with Gasteiger partial charge in [-0.25, -0.2) is 4.98 Å². The van der Waals surface area contributed by atoms with E-state index in [9.17, 15) is 9.59 Å². The molecule has 0 aliphatic carbocycles. The summed E-state index contributed by atoms with van der Waals surface area (Å²) in [5, 5.41) is 0. The highest BCUT2D eigenvalue weighted by Gasteiger charge is 2.45. The van der Waals surface area contributed by atoms with Crippen LogP contribution in [0.15, 0.2) is 41.1 Å². The summed E-state index contributed by atoms with van der Waals surface area (Å²) in [5.74, 6) is 0.270. The second kappa shape index (κ2) is 6.33. The number of morpholine rings is 1. The molecule has 2 saturated heterocycles. The second-order valence-corrected chi connectivity index (χ2v) is 6.39. The first-order valence-corrected chi connectivity index (χ1v) is 8.28. The lowest BCUT2D eigenvalue weighted by molar-refractivity contribution is -0.153. The predicted octanol–water partition coefficient (Wildman–Crippen LogP) is 1.24. The summed E-state index contributed by atoms with van der Waals surface area (Å²) in [5.41, 5.74) is 1.38. The fraction of sp³-hybridized carbons (Fsp3) is 0.389. The Morgan fingerprint density at radius 3 is 2.80 bits per heavy atom. The number of ether oxygens (including phenoxy) is 1. The van der Waals surface area contributed by atoms with Crippen LogP contribution in [-0.4, -0.2) is 58.4 Å². The quantitative estimate of drug-likeness (QED) is 0.839. The number of hydrogen-bond donors (Lipinski definition) is 0. The van der Waals surface area contributed by atoms with Crippen LogP contribution in [0.25, 0.3) is 0 Å². The minimum atomic E-state index is -0.184. The van der Waals surface area contributed by atoms with E-state index >= 15 is 0 Å². The van der Waals surface area contributed by atoms with Crippen LogP contribution in [-0.2, 0) is 16.1 Å². The van der Waals surface area contributed by atoms with Crippen LogP contribution in [0.5, 0.6) is 0 Å². The number of nitrogens with zero attached hydrogens (tertiary/aromatic N) is 3. The highest BCUT2D eigenvalue weighted by molar-refractivity contribution is 5.93. The van der Waals surface area contributed by atoms with E-state index in [0.717, 1.165) is 5.56 Å². The summed E-state index contributed by atoms with van der Waals surface area (Å²) in [6, 6.07) is 9.70. The number of benzene rings is 1. The number of rotatable bonds is 3. The summed E-state index contributed by atoms with van der Waals surface area (Å²) in [6.07, 6.45) is 1.10. The lowest BCUT2D eigenvalue weighted by Gasteiger charge is -2.36. The first-order chi connectivity index (χ1) is 12.1. The molecule has 2 aliphatic heterocycles. The number of carbonyl (C=O) groups excluding carboxylic acids is 2. The summed E-state index contributed by atoms with van der Waals surface area (Å²) in [4.78, 5) is 32.6. The predicted molar refractivity (Wildman–Crippen MR) is 87.7 cm³/mol. The number of carbonyl (C=O) groups is 2. The van der Waals surface area contributed by atoms with E-state index in [2.05, 4.69) is 4.98 Å². The molecule has 130 valence electrons. The monoisotopic (exact) mass is 341 g/mol. The van der Waals surface area contributed by atoms with Crippen molar-refractivity contribution in [2.45, 2.75) is 25.6 Å². The Labute approximate surface area is 145 Å². The Kier molecular flexibility index (Phi) is 4.01. The van der Waals surface area contributed by atoms with Gasteiger partial charge in [0.05, 0.1) is 12.1 Å². The van der Waals surface area contributed by atoms with Gasteiger partial charge in [0.2, 0.25) is 5.91 Å². The van der Waals surface area contributed by atoms with Crippen LogP contribution in [0, 0.1) is 6.92 Å². The van der Waals surface area contributed by atoms with Crippen molar-refractivity contribution in [3.8, 4) is 0 Å². The van der Waals surface area contributed by atoms with Gasteiger partial charge in [-0.05, 0) is 12.5 Å². The van der Waals surface area contributed by atoms with E-state index in [-0.39, 0.29) is 30.6 Å². The van der Waals surface area contributed by atoms with Gasteiger partial charge < -0.3 is 19.0 Å². The first kappa shape index (κ1) is 15.8. The zero-order valence-corrected chi connectivity index (χ0v) is 13.9. The van der Waals surface area contributed by atoms with Crippen molar-refractivity contribution in [2.75, 3.05) is 19.7 Å². The highest BCUT2D eigenvalue weighted by Crippen LogP contribution is 2.26. The SMILES string of the molecule is Cc1ocnc1C(=O)N1C[C@@H]2[C@@H](C1)OCC(=O)N2Cc1ccccc1. The van der Waals surface area contributed by atoms with Gasteiger partial charge in [0, 0.05) is 19.6 Å². The van der Waals surface area contributed by atoms with Crippen molar-refractivity contribution in [2.24, 2.45) is 0 Å². The molecule has 7 heteroatoms. The van der Waals surface area contributed by atoms with Crippen LogP contribution in [0.3, 0.4) is 0 Å². The van der Waals surface area contributed by atoms with E-state index in [4.69, 9.17) is 9.15 Å². The molecule has 2 amide bonds. The number of oxazole rings is 1. The van der Waals surface area contributed by atoms with Crippen molar-refractivity contribution in [3.63, 3.8) is 0 Å². The summed E-state index contributed by atoms with van der Waals surface area (Å²) < 4.78 is 10.8. The van der Waals surface area contributed by atoms with Crippen LogP contribution < -0.4 is 0 Å². The molecule has 0 unspecified atom stereocenters. The fourth-order valence-electron chi connectivity index (χ4n) is 3.48. The lowest BCUT2D eigenvalue weighted by Crippen LogP contribution is -2.53. The molecule has 1 aromatic carbocycles. The lowest BCUT2D eigenvalue weighted by atomic mass is 10.1. The van der Waals surface area contributed by atoms with Crippen molar-refractivity contribution < 1.29 is 18.7 Å². The first-order valence-electron chi connectivity index (χ1n) is 8.28. The van der Waals surface area contributed by atoms with Gasteiger partial charge in [-0.3, -0.25) is 9.59 Å². The third kappa shape index (κ3) is 2.91. The molecule has 2 atom stereocenters. The van der Waals surface area contributed by atoms with Crippen LogP contribution in [0.4, 0.5) is 0 Å². The molecule has 0 radical (unpaired) electrons. The number of hydrogen-bond acceptors (Lipinski definition) is 5. The van der Waals surface area contributed by atoms with Crippen molar-refractivity contribution in [1.29, 1.82) is 0 Å². The minimum absolute atomic E-state index is 0.0444. The number of likely N-dealkylation sites (tertiary alicyclic amines) is 1. The molecule has 2 fully saturated rings. The van der Waals surface area contributed by atoms with Gasteiger partial charge >= 0.3 is 0 Å². The van der Waals surface area contributed by atoms with E-state index in [1.54, 1.807) is 11.8 Å². The molecule has 2 aromatic rings. The smallest absolute Gasteiger partial charge is 0.276 e. The average Bonchev–Trinajstić information content (AvgIpc) is 3.24. The van der Waals surface area contributed by atoms with E-state index in [0.29, 0.717) is 31.1 Å². The molecular weight excluding hydrogens is 322 g/mol. The van der Waals surface area contributed by atoms with Crippen LogP contribution in [0.2, 0.25) is 0 Å². The van der Waals surface area contributed by atoms with Gasteiger partial charge in [0.15, 0.2) is 12.1 Å². The Hall–Kier alpha value is -2.67. The molecule has 25 heavy (non-hydrogen) atoms. The maximum atomic E-state index is 12.7. The molecule has 3 heterocycles. The number of fused-ring (bicyclic) bond motifs is 1. The number of amides is 2. The minimum Gasteiger partial charge on any atom is -0.448 e. The largest absolute Gasteiger partial charge is 0.448 e. The van der Waals surface area contributed by atoms with Gasteiger partial charge in [-0.1, -0.05) is 30.3 Å². The Balaban J connectivity index is 1.53. The third-order valence-corrected chi connectivity index (χ3v) is 4.81. The van der Waals surface area contributed by atoms with Gasteiger partial charge in [-0.15, -0.1) is 0 Å². The fourth-order valence-corrected chi connectivity index (χ4v) is 3.48. The van der Waals surface area contributed by atoms with E-state index < -0.39 is 0 Å². The molecule has 0 saturated carbocycles. The summed E-state index contributed by atoms with van der Waals surface area (Å²) in [6.45, 7) is 3.18. The Bertz CT molecular complexity index is 789. The maximum absolute atomic E-state index is 12.7. The zero-order chi connectivity index (χ0) is 17.4. The van der Waals surface area contributed by atoms with Crippen LogP contribution in [0.1, 0.15) is 21.8 Å². The topological polar surface area (TPSA) is 75.9 Å². The van der Waals surface area contributed by atoms with Gasteiger partial charge in [0.1, 0.15) is 12.4 Å². The molecule has 0 spiro atoms. The molecular formula is C18H19N3O4. The highest BCUT2D eigenvalue weighted by atomic mass is 16.5. The molecule has 0 bridgehead atoms. The molecule has 2 aliphatic rings. The molecule has 1 aromatic heterocycles. The van der Waals surface area contributed by atoms with Crippen molar-refractivity contribution in [3.05, 3.63) is 53.7 Å². The summed E-state index contributed by atoms with van der Waals surface area (Å²) >= 11 is 0. The molecule has 0 N–H and O–H groups in total. The second-order valence-electron chi connectivity index (χ2n) is 6.39. The zero-order valence-electron chi connectivity index (χ0n) is 13.9. The summed E-state index contributed by atoms with van der Waals surface area (Å²) in [7, 11) is 0. The third-order valence-electron chi connectivity index (χ3n) is 4.81. The van der Waals surface area contributed by atoms with Crippen molar-refractivity contribution >= 4 is 11.8 Å². The van der Waals surface area contributed by atoms with Crippen molar-refractivity contribution in [1.82, 2.24) is 14.8 Å². The molecule has 7 nitrogen and oxygen atoms in total. The number of aromatic nitrogens is 1. The normalized spacial score (nSPS) is 23.0. The maximum Gasteiger partial charge on any atom is 0.276 e. The van der Waals surface area contributed by atoms with Gasteiger partial charge in [0.25, 0.3) is 5.91 Å². The Morgan fingerprint density at radius 1 is 1.28 bits per heavy atom. The standard InChI is InChI=1S/C18H19N3O4/c1-12-17(19-11-25-12)18(23)20-8-14-15(9-20)24-10-16(22)21(14)7-13-5-3-2-4-6-13/h2-6,11,14-15H,7-10H2,1H3/t14-,15-/m1/s1. The Morgan fingerprint density at radius 2 is 2.08 bits per heavy atom. The van der Waals surface area contributed by atoms with E-state index in [1.165, 1.54) is 6.39 Å². The molecule has 4 rings (SSSR count). The van der Waals surface area contributed by atoms with Crippen LogP contribution >= 0.6 is 0 Å².